The molecule has 4 N–H and O–H groups in total. The smallest absolute Gasteiger partial charge is 0.221 e. The normalized spacial score (nSPS) is 11.1. The van der Waals surface area contributed by atoms with Crippen LogP contribution in [0.4, 0.5) is 0 Å². The van der Waals surface area contributed by atoms with E-state index in [-0.39, 0.29) is 25.4 Å². The first-order valence-electron chi connectivity index (χ1n) is 4.89. The van der Waals surface area contributed by atoms with E-state index < -0.39 is 6.04 Å². The highest BCUT2D eigenvalue weighted by Gasteiger charge is 2.13. The highest BCUT2D eigenvalue weighted by Crippen LogP contribution is 1.92. The first-order valence-corrected chi connectivity index (χ1v) is 4.89. The SMILES string of the molecule is C=CNN(C=C)C(C=O)CNC(=O)CCN. The Morgan fingerprint density at radius 3 is 2.62 bits per heavy atom. The molecule has 0 aliphatic rings. The third kappa shape index (κ3) is 5.16. The number of nitrogens with one attached hydrogen (secondary N) is 2. The number of carbonyl (C=O) groups excluding carboxylic acids is 2. The fourth-order valence-corrected chi connectivity index (χ4v) is 1.04. The minimum absolute atomic E-state index is 0.183. The quantitative estimate of drug-likeness (QED) is 0.351. The second-order valence-corrected chi connectivity index (χ2v) is 2.97. The molecule has 1 amide bonds. The molecule has 0 aromatic heterocycles. The summed E-state index contributed by atoms with van der Waals surface area (Å²) in [6.45, 7) is 7.48. The molecule has 1 atom stereocenters. The van der Waals surface area contributed by atoms with Gasteiger partial charge in [-0.3, -0.25) is 9.80 Å². The predicted molar refractivity (Wildman–Crippen MR) is 61.9 cm³/mol. The van der Waals surface area contributed by atoms with Crippen molar-refractivity contribution in [2.24, 2.45) is 5.73 Å². The molecule has 16 heavy (non-hydrogen) atoms. The van der Waals surface area contributed by atoms with Crippen molar-refractivity contribution in [3.05, 3.63) is 25.6 Å². The number of rotatable bonds is 9. The maximum Gasteiger partial charge on any atom is 0.221 e. The van der Waals surface area contributed by atoms with E-state index in [4.69, 9.17) is 5.73 Å². The lowest BCUT2D eigenvalue weighted by Crippen LogP contribution is -2.47. The highest BCUT2D eigenvalue weighted by atomic mass is 16.1. The Morgan fingerprint density at radius 2 is 2.19 bits per heavy atom. The van der Waals surface area contributed by atoms with Crippen LogP contribution < -0.4 is 16.5 Å². The number of hydrazine groups is 1. The molecule has 0 aliphatic carbocycles. The number of nitrogens with two attached hydrogens (primary N) is 1. The van der Waals surface area contributed by atoms with Crippen LogP contribution in [0.3, 0.4) is 0 Å². The van der Waals surface area contributed by atoms with Crippen molar-refractivity contribution in [1.29, 1.82) is 0 Å². The summed E-state index contributed by atoms with van der Waals surface area (Å²) in [5.41, 5.74) is 7.93. The van der Waals surface area contributed by atoms with E-state index in [0.29, 0.717) is 6.29 Å². The number of aldehydes is 1. The van der Waals surface area contributed by atoms with Gasteiger partial charge in [0.1, 0.15) is 12.3 Å². The Morgan fingerprint density at radius 1 is 1.50 bits per heavy atom. The van der Waals surface area contributed by atoms with Crippen molar-refractivity contribution in [3.8, 4) is 0 Å². The van der Waals surface area contributed by atoms with Gasteiger partial charge < -0.3 is 21.3 Å². The summed E-state index contributed by atoms with van der Waals surface area (Å²) < 4.78 is 0. The van der Waals surface area contributed by atoms with E-state index in [1.54, 1.807) is 0 Å². The summed E-state index contributed by atoms with van der Waals surface area (Å²) in [5, 5.41) is 4.04. The molecule has 6 nitrogen and oxygen atoms in total. The minimum atomic E-state index is -0.530. The first-order chi connectivity index (χ1) is 7.69. The Hall–Kier alpha value is -1.82. The Bertz CT molecular complexity index is 255. The van der Waals surface area contributed by atoms with Crippen molar-refractivity contribution >= 4 is 12.2 Å². The van der Waals surface area contributed by atoms with E-state index in [9.17, 15) is 9.59 Å². The Labute approximate surface area is 95.1 Å². The summed E-state index contributed by atoms with van der Waals surface area (Å²) >= 11 is 0. The van der Waals surface area contributed by atoms with Crippen molar-refractivity contribution < 1.29 is 9.59 Å². The lowest BCUT2D eigenvalue weighted by molar-refractivity contribution is -0.121. The van der Waals surface area contributed by atoms with Gasteiger partial charge in [0.05, 0.1) is 0 Å². The van der Waals surface area contributed by atoms with Gasteiger partial charge in [0.2, 0.25) is 5.91 Å². The lowest BCUT2D eigenvalue weighted by Gasteiger charge is -2.25. The van der Waals surface area contributed by atoms with Crippen LogP contribution >= 0.6 is 0 Å². The van der Waals surface area contributed by atoms with E-state index in [1.165, 1.54) is 17.4 Å². The summed E-state index contributed by atoms with van der Waals surface area (Å²) in [6.07, 6.45) is 3.81. The molecule has 0 bridgehead atoms. The van der Waals surface area contributed by atoms with Gasteiger partial charge in [0.15, 0.2) is 0 Å². The average molecular weight is 226 g/mol. The Kier molecular flexibility index (Phi) is 7.52. The largest absolute Gasteiger partial charge is 0.353 e. The van der Waals surface area contributed by atoms with Gasteiger partial charge in [-0.05, 0) is 0 Å². The van der Waals surface area contributed by atoms with E-state index >= 15 is 0 Å². The van der Waals surface area contributed by atoms with Crippen LogP contribution in [0, 0.1) is 0 Å². The van der Waals surface area contributed by atoms with Crippen molar-refractivity contribution in [2.75, 3.05) is 13.1 Å². The van der Waals surface area contributed by atoms with Crippen LogP contribution in [0.5, 0.6) is 0 Å². The molecule has 0 aliphatic heterocycles. The van der Waals surface area contributed by atoms with Crippen LogP contribution in [-0.4, -0.2) is 36.3 Å². The summed E-state index contributed by atoms with van der Waals surface area (Å²) in [6, 6.07) is -0.530. The van der Waals surface area contributed by atoms with Crippen LogP contribution in [0.15, 0.2) is 25.6 Å². The molecular weight excluding hydrogens is 208 g/mol. The maximum atomic E-state index is 11.1. The van der Waals surface area contributed by atoms with E-state index in [2.05, 4.69) is 23.9 Å². The summed E-state index contributed by atoms with van der Waals surface area (Å²) in [4.78, 5) is 22.0. The van der Waals surface area contributed by atoms with Crippen LogP contribution in [0.2, 0.25) is 0 Å². The van der Waals surface area contributed by atoms with Gasteiger partial charge in [-0.15, -0.1) is 0 Å². The third-order valence-electron chi connectivity index (χ3n) is 1.83. The van der Waals surface area contributed by atoms with Gasteiger partial charge in [-0.2, -0.15) is 0 Å². The molecule has 0 fully saturated rings. The van der Waals surface area contributed by atoms with Crippen LogP contribution in [0.1, 0.15) is 6.42 Å². The van der Waals surface area contributed by atoms with Gasteiger partial charge >= 0.3 is 0 Å². The van der Waals surface area contributed by atoms with Gasteiger partial charge in [0, 0.05) is 31.9 Å². The number of nitrogens with zero attached hydrogens (tertiary/aromatic N) is 1. The predicted octanol–water partition coefficient (Wildman–Crippen LogP) is -0.887. The number of carbonyl (C=O) groups is 2. The monoisotopic (exact) mass is 226 g/mol. The van der Waals surface area contributed by atoms with Crippen LogP contribution in [-0.2, 0) is 9.59 Å². The zero-order chi connectivity index (χ0) is 12.4. The molecule has 1 unspecified atom stereocenters. The lowest BCUT2D eigenvalue weighted by atomic mass is 10.3. The van der Waals surface area contributed by atoms with Crippen molar-refractivity contribution in [3.63, 3.8) is 0 Å². The molecule has 0 aromatic rings. The summed E-state index contributed by atoms with van der Waals surface area (Å²) in [5.74, 6) is -0.183. The second kappa shape index (κ2) is 8.49. The second-order valence-electron chi connectivity index (χ2n) is 2.97. The fraction of sp³-hybridized carbons (Fsp3) is 0.400. The maximum absolute atomic E-state index is 11.1. The molecule has 0 radical (unpaired) electrons. The molecule has 6 heteroatoms. The molecule has 0 heterocycles. The number of amides is 1. The topological polar surface area (TPSA) is 87.5 Å². The molecule has 90 valence electrons. The van der Waals surface area contributed by atoms with Gasteiger partial charge in [0.25, 0.3) is 0 Å². The van der Waals surface area contributed by atoms with E-state index in [1.807, 2.05) is 0 Å². The zero-order valence-electron chi connectivity index (χ0n) is 9.19. The average Bonchev–Trinajstić information content (AvgIpc) is 2.28. The first kappa shape index (κ1) is 14.2. The number of hydrogen-bond donors (Lipinski definition) is 3. The summed E-state index contributed by atoms with van der Waals surface area (Å²) in [7, 11) is 0. The zero-order valence-corrected chi connectivity index (χ0v) is 9.19. The Balaban J connectivity index is 4.16. The highest BCUT2D eigenvalue weighted by molar-refractivity contribution is 5.76. The molecule has 0 spiro atoms. The molecule has 0 aromatic carbocycles. The van der Waals surface area contributed by atoms with Crippen LogP contribution in [0.25, 0.3) is 0 Å². The van der Waals surface area contributed by atoms with Crippen molar-refractivity contribution in [2.45, 2.75) is 12.5 Å². The fourth-order valence-electron chi connectivity index (χ4n) is 1.04. The standard InChI is InChI=1S/C10H18N4O2/c1-3-13-14(4-2)9(8-15)7-12-10(16)5-6-11/h3-4,8-9,13H,1-2,5-7,11H2,(H,12,16). The van der Waals surface area contributed by atoms with Gasteiger partial charge in [-0.1, -0.05) is 13.2 Å². The third-order valence-corrected chi connectivity index (χ3v) is 1.83. The molecule has 0 saturated heterocycles. The van der Waals surface area contributed by atoms with E-state index in [0.717, 1.165) is 0 Å². The molecular formula is C10H18N4O2. The molecule has 0 rings (SSSR count). The molecule has 0 saturated carbocycles. The van der Waals surface area contributed by atoms with Gasteiger partial charge in [-0.25, -0.2) is 0 Å². The van der Waals surface area contributed by atoms with Crippen molar-refractivity contribution in [1.82, 2.24) is 15.8 Å². The minimum Gasteiger partial charge on any atom is -0.353 e. The number of hydrogen-bond acceptors (Lipinski definition) is 5.